The minimum Gasteiger partial charge on any atom is -0.481 e. The third-order valence-electron chi connectivity index (χ3n) is 3.71. The molecule has 2 N–H and O–H groups in total. The van der Waals surface area contributed by atoms with Gasteiger partial charge in [0.2, 0.25) is 5.91 Å². The van der Waals surface area contributed by atoms with Gasteiger partial charge in [0.25, 0.3) is 0 Å². The Balaban J connectivity index is 1.90. The van der Waals surface area contributed by atoms with Crippen LogP contribution in [-0.2, 0) is 16.1 Å². The summed E-state index contributed by atoms with van der Waals surface area (Å²) in [5.74, 6) is -1.03. The standard InChI is InChI=1S/C13H18N2O3S/c16-11(14-7-10-8-19-9-15-10)6-13(12(17)18)4-2-1-3-5-13/h8-9H,1-7H2,(H,14,16)(H,17,18). The molecule has 0 unspecified atom stereocenters. The van der Waals surface area contributed by atoms with Gasteiger partial charge in [-0.15, -0.1) is 11.3 Å². The first-order chi connectivity index (χ1) is 9.12. The van der Waals surface area contributed by atoms with Crippen LogP contribution in [0.5, 0.6) is 0 Å². The molecule has 0 saturated heterocycles. The van der Waals surface area contributed by atoms with Gasteiger partial charge in [-0.05, 0) is 12.8 Å². The van der Waals surface area contributed by atoms with E-state index in [9.17, 15) is 14.7 Å². The van der Waals surface area contributed by atoms with Crippen molar-refractivity contribution in [1.29, 1.82) is 0 Å². The molecule has 1 aliphatic carbocycles. The lowest BCUT2D eigenvalue weighted by molar-refractivity contribution is -0.154. The zero-order chi connectivity index (χ0) is 13.7. The number of carbonyl (C=O) groups is 2. The lowest BCUT2D eigenvalue weighted by atomic mass is 9.71. The number of rotatable bonds is 5. The lowest BCUT2D eigenvalue weighted by Gasteiger charge is -2.32. The summed E-state index contributed by atoms with van der Waals surface area (Å²) in [6.45, 7) is 0.373. The highest BCUT2D eigenvalue weighted by Crippen LogP contribution is 2.39. The van der Waals surface area contributed by atoms with Gasteiger partial charge in [0.1, 0.15) is 0 Å². The van der Waals surface area contributed by atoms with Crippen LogP contribution in [0.3, 0.4) is 0 Å². The van der Waals surface area contributed by atoms with Gasteiger partial charge < -0.3 is 10.4 Å². The quantitative estimate of drug-likeness (QED) is 0.867. The third-order valence-corrected chi connectivity index (χ3v) is 4.35. The van der Waals surface area contributed by atoms with E-state index in [0.29, 0.717) is 19.4 Å². The van der Waals surface area contributed by atoms with E-state index in [2.05, 4.69) is 10.3 Å². The number of hydrogen-bond acceptors (Lipinski definition) is 4. The summed E-state index contributed by atoms with van der Waals surface area (Å²) in [5.41, 5.74) is 1.66. The summed E-state index contributed by atoms with van der Waals surface area (Å²) in [7, 11) is 0. The third kappa shape index (κ3) is 3.53. The van der Waals surface area contributed by atoms with E-state index in [-0.39, 0.29) is 12.3 Å². The number of aromatic nitrogens is 1. The van der Waals surface area contributed by atoms with Gasteiger partial charge in [0, 0.05) is 11.8 Å². The molecule has 1 aromatic rings. The Morgan fingerprint density at radius 2 is 2.11 bits per heavy atom. The average Bonchev–Trinajstić information content (AvgIpc) is 2.90. The smallest absolute Gasteiger partial charge is 0.310 e. The fourth-order valence-electron chi connectivity index (χ4n) is 2.58. The predicted octanol–water partition coefficient (Wildman–Crippen LogP) is 2.18. The van der Waals surface area contributed by atoms with Crippen molar-refractivity contribution in [3.8, 4) is 0 Å². The molecule has 1 amide bonds. The van der Waals surface area contributed by atoms with E-state index in [1.54, 1.807) is 5.51 Å². The van der Waals surface area contributed by atoms with E-state index >= 15 is 0 Å². The highest BCUT2D eigenvalue weighted by Gasteiger charge is 2.41. The zero-order valence-corrected chi connectivity index (χ0v) is 11.5. The minimum atomic E-state index is -0.857. The monoisotopic (exact) mass is 282 g/mol. The fraction of sp³-hybridized carbons (Fsp3) is 0.615. The van der Waals surface area contributed by atoms with E-state index in [0.717, 1.165) is 25.0 Å². The van der Waals surface area contributed by atoms with Crippen LogP contribution >= 0.6 is 11.3 Å². The minimum absolute atomic E-state index is 0.0759. The molecule has 1 heterocycles. The number of amides is 1. The highest BCUT2D eigenvalue weighted by atomic mass is 32.1. The van der Waals surface area contributed by atoms with Gasteiger partial charge >= 0.3 is 5.97 Å². The topological polar surface area (TPSA) is 79.3 Å². The summed E-state index contributed by atoms with van der Waals surface area (Å²) in [6, 6.07) is 0. The lowest BCUT2D eigenvalue weighted by Crippen LogP contribution is -2.39. The van der Waals surface area contributed by atoms with E-state index in [1.165, 1.54) is 11.3 Å². The summed E-state index contributed by atoms with van der Waals surface area (Å²) in [4.78, 5) is 27.4. The number of thiazole rings is 1. The average molecular weight is 282 g/mol. The van der Waals surface area contributed by atoms with Crippen LogP contribution in [0.2, 0.25) is 0 Å². The van der Waals surface area contributed by atoms with Crippen LogP contribution in [0.25, 0.3) is 0 Å². The summed E-state index contributed by atoms with van der Waals surface area (Å²) >= 11 is 1.47. The first-order valence-electron chi connectivity index (χ1n) is 6.50. The van der Waals surface area contributed by atoms with E-state index in [1.807, 2.05) is 5.38 Å². The maximum absolute atomic E-state index is 11.9. The molecule has 1 aromatic heterocycles. The van der Waals surface area contributed by atoms with Crippen molar-refractivity contribution in [2.24, 2.45) is 5.41 Å². The Labute approximate surface area is 116 Å². The molecule has 19 heavy (non-hydrogen) atoms. The molecule has 0 bridgehead atoms. The summed E-state index contributed by atoms with van der Waals surface area (Å²) in [5, 5.41) is 14.0. The van der Waals surface area contributed by atoms with Crippen LogP contribution in [0.1, 0.15) is 44.2 Å². The maximum Gasteiger partial charge on any atom is 0.310 e. The second-order valence-corrected chi connectivity index (χ2v) is 5.80. The fourth-order valence-corrected chi connectivity index (χ4v) is 3.14. The van der Waals surface area contributed by atoms with Gasteiger partial charge in [0.15, 0.2) is 0 Å². The molecule has 1 fully saturated rings. The molecule has 1 saturated carbocycles. The van der Waals surface area contributed by atoms with Gasteiger partial charge in [-0.1, -0.05) is 19.3 Å². The normalized spacial score (nSPS) is 17.9. The molecule has 6 heteroatoms. The van der Waals surface area contributed by atoms with Crippen molar-refractivity contribution in [3.05, 3.63) is 16.6 Å². The molecule has 0 radical (unpaired) electrons. The molecule has 0 spiro atoms. The first kappa shape index (κ1) is 14.0. The molecular formula is C13H18N2O3S. The Hall–Kier alpha value is -1.43. The van der Waals surface area contributed by atoms with E-state index < -0.39 is 11.4 Å². The Kier molecular flexibility index (Phi) is 4.52. The number of nitrogens with zero attached hydrogens (tertiary/aromatic N) is 1. The number of carboxylic acid groups (broad SMARTS) is 1. The van der Waals surface area contributed by atoms with Crippen molar-refractivity contribution in [1.82, 2.24) is 10.3 Å². The van der Waals surface area contributed by atoms with Crippen LogP contribution in [-0.4, -0.2) is 22.0 Å². The van der Waals surface area contributed by atoms with Crippen molar-refractivity contribution in [3.63, 3.8) is 0 Å². The van der Waals surface area contributed by atoms with Crippen LogP contribution in [0.15, 0.2) is 10.9 Å². The number of carboxylic acids is 1. The van der Waals surface area contributed by atoms with Gasteiger partial charge in [-0.25, -0.2) is 4.98 Å². The summed E-state index contributed by atoms with van der Waals surface area (Å²) < 4.78 is 0. The van der Waals surface area contributed by atoms with Crippen LogP contribution in [0, 0.1) is 5.41 Å². The molecule has 2 rings (SSSR count). The molecule has 0 aliphatic heterocycles. The zero-order valence-electron chi connectivity index (χ0n) is 10.7. The Bertz CT molecular complexity index is 439. The highest BCUT2D eigenvalue weighted by molar-refractivity contribution is 7.07. The Morgan fingerprint density at radius 1 is 1.37 bits per heavy atom. The van der Waals surface area contributed by atoms with Gasteiger partial charge in [-0.2, -0.15) is 0 Å². The van der Waals surface area contributed by atoms with Crippen molar-refractivity contribution < 1.29 is 14.7 Å². The predicted molar refractivity (Wildman–Crippen MR) is 71.7 cm³/mol. The second kappa shape index (κ2) is 6.14. The van der Waals surface area contributed by atoms with Crippen LogP contribution < -0.4 is 5.32 Å². The number of aliphatic carboxylic acids is 1. The molecular weight excluding hydrogens is 264 g/mol. The largest absolute Gasteiger partial charge is 0.481 e. The molecule has 1 aliphatic rings. The molecule has 104 valence electrons. The summed E-state index contributed by atoms with van der Waals surface area (Å²) in [6.07, 6.45) is 4.14. The Morgan fingerprint density at radius 3 is 2.68 bits per heavy atom. The molecule has 0 aromatic carbocycles. The maximum atomic E-state index is 11.9. The van der Waals surface area contributed by atoms with Gasteiger partial charge in [-0.3, -0.25) is 9.59 Å². The van der Waals surface area contributed by atoms with Crippen molar-refractivity contribution in [2.75, 3.05) is 0 Å². The first-order valence-corrected chi connectivity index (χ1v) is 7.44. The van der Waals surface area contributed by atoms with Crippen LogP contribution in [0.4, 0.5) is 0 Å². The number of carbonyl (C=O) groups excluding carboxylic acids is 1. The number of hydrogen-bond donors (Lipinski definition) is 2. The molecule has 5 nitrogen and oxygen atoms in total. The number of nitrogens with one attached hydrogen (secondary N) is 1. The van der Waals surface area contributed by atoms with Gasteiger partial charge in [0.05, 0.1) is 23.2 Å². The SMILES string of the molecule is O=C(CC1(C(=O)O)CCCCC1)NCc1cscn1. The second-order valence-electron chi connectivity index (χ2n) is 5.08. The van der Waals surface area contributed by atoms with Crippen molar-refractivity contribution in [2.45, 2.75) is 45.1 Å². The molecule has 0 atom stereocenters. The van der Waals surface area contributed by atoms with Crippen molar-refractivity contribution >= 4 is 23.2 Å². The van der Waals surface area contributed by atoms with E-state index in [4.69, 9.17) is 0 Å².